The predicted molar refractivity (Wildman–Crippen MR) is 154 cm³/mol. The van der Waals surface area contributed by atoms with E-state index in [9.17, 15) is 19.5 Å². The first-order valence-corrected chi connectivity index (χ1v) is 13.7. The van der Waals surface area contributed by atoms with Gasteiger partial charge in [0.05, 0.1) is 40.6 Å². The highest BCUT2D eigenvalue weighted by molar-refractivity contribution is 7.07. The van der Waals surface area contributed by atoms with Gasteiger partial charge in [-0.15, -0.1) is 0 Å². The van der Waals surface area contributed by atoms with Crippen molar-refractivity contribution in [3.05, 3.63) is 108 Å². The molecule has 0 radical (unpaired) electrons. The van der Waals surface area contributed by atoms with Crippen molar-refractivity contribution in [1.82, 2.24) is 4.57 Å². The Morgan fingerprint density at radius 2 is 1.83 bits per heavy atom. The van der Waals surface area contributed by atoms with Gasteiger partial charge in [-0.2, -0.15) is 0 Å². The Bertz CT molecular complexity index is 1870. The Balaban J connectivity index is 1.62. The van der Waals surface area contributed by atoms with Crippen LogP contribution < -0.4 is 19.6 Å². The maximum Gasteiger partial charge on any atom is 0.338 e. The van der Waals surface area contributed by atoms with Crippen molar-refractivity contribution in [2.45, 2.75) is 39.8 Å². The molecule has 1 atom stereocenters. The molecule has 0 fully saturated rings. The quantitative estimate of drug-likeness (QED) is 0.325. The molecule has 1 aliphatic rings. The second-order valence-electron chi connectivity index (χ2n) is 9.79. The molecule has 0 spiro atoms. The Hall–Kier alpha value is -4.70. The molecule has 2 aromatic carbocycles. The summed E-state index contributed by atoms with van der Waals surface area (Å²) < 4.78 is 18.7. The molecule has 210 valence electrons. The van der Waals surface area contributed by atoms with Crippen LogP contribution in [0.3, 0.4) is 0 Å². The first kappa shape index (κ1) is 27.9. The fraction of sp³-hybridized carbons (Fsp3) is 0.226. The van der Waals surface area contributed by atoms with Gasteiger partial charge < -0.3 is 19.0 Å². The number of hydrogen-bond donors (Lipinski definition) is 1. The number of allylic oxidation sites excluding steroid dienone is 1. The Morgan fingerprint density at radius 1 is 1.10 bits per heavy atom. The summed E-state index contributed by atoms with van der Waals surface area (Å²) in [6.07, 6.45) is 1.28. The van der Waals surface area contributed by atoms with Gasteiger partial charge in [-0.3, -0.25) is 9.36 Å². The van der Waals surface area contributed by atoms with E-state index in [-0.39, 0.29) is 22.8 Å². The lowest BCUT2D eigenvalue weighted by Gasteiger charge is -2.25. The van der Waals surface area contributed by atoms with Crippen molar-refractivity contribution in [3.63, 3.8) is 0 Å². The Kier molecular flexibility index (Phi) is 7.51. The van der Waals surface area contributed by atoms with Gasteiger partial charge in [0, 0.05) is 11.6 Å². The fourth-order valence-corrected chi connectivity index (χ4v) is 5.83. The monoisotopic (exact) mass is 572 g/mol. The molecule has 0 unspecified atom stereocenters. The average molecular weight is 573 g/mol. The number of carbonyl (C=O) groups excluding carboxylic acids is 1. The second kappa shape index (κ2) is 11.1. The smallest absolute Gasteiger partial charge is 0.338 e. The fourth-order valence-electron chi connectivity index (χ4n) is 4.80. The number of carboxylic acid groups (broad SMARTS) is 1. The van der Waals surface area contributed by atoms with Gasteiger partial charge in [-0.25, -0.2) is 14.6 Å². The number of thiazole rings is 1. The summed E-state index contributed by atoms with van der Waals surface area (Å²) in [6, 6.07) is 14.9. The zero-order valence-corrected chi connectivity index (χ0v) is 23.9. The SMILES string of the molecule is COc1ccc([C@@H]2C(C(=O)OC(C)C)=C(C)N=c3s/c(=C\c4ccc(-c5cccc(C(=O)O)c5C)o4)c(=O)n32)cc1. The number of furan rings is 1. The summed E-state index contributed by atoms with van der Waals surface area (Å²) in [6.45, 7) is 6.99. The summed E-state index contributed by atoms with van der Waals surface area (Å²) in [5.41, 5.74) is 2.55. The molecule has 41 heavy (non-hydrogen) atoms. The first-order valence-electron chi connectivity index (χ1n) is 12.9. The highest BCUT2D eigenvalue weighted by Crippen LogP contribution is 2.32. The number of carboxylic acids is 1. The summed E-state index contributed by atoms with van der Waals surface area (Å²) in [5, 5.41) is 9.47. The number of esters is 1. The van der Waals surface area contributed by atoms with E-state index in [1.165, 1.54) is 22.0 Å². The number of rotatable bonds is 7. The van der Waals surface area contributed by atoms with E-state index in [1.54, 1.807) is 77.3 Å². The number of aromatic carboxylic acids is 1. The lowest BCUT2D eigenvalue weighted by Crippen LogP contribution is -2.40. The molecular formula is C31H28N2O7S. The van der Waals surface area contributed by atoms with Crippen LogP contribution in [0.5, 0.6) is 5.75 Å². The van der Waals surface area contributed by atoms with Gasteiger partial charge in [-0.05, 0) is 69.2 Å². The third-order valence-electron chi connectivity index (χ3n) is 6.75. The van der Waals surface area contributed by atoms with Crippen LogP contribution in [0.15, 0.2) is 80.1 Å². The molecule has 1 N–H and O–H groups in total. The minimum atomic E-state index is -1.02. The summed E-state index contributed by atoms with van der Waals surface area (Å²) in [4.78, 5) is 43.7. The van der Waals surface area contributed by atoms with Crippen LogP contribution >= 0.6 is 11.3 Å². The minimum absolute atomic E-state index is 0.189. The number of carbonyl (C=O) groups is 2. The third-order valence-corrected chi connectivity index (χ3v) is 7.73. The second-order valence-corrected chi connectivity index (χ2v) is 10.8. The maximum absolute atomic E-state index is 13.8. The van der Waals surface area contributed by atoms with Crippen LogP contribution in [0, 0.1) is 6.92 Å². The van der Waals surface area contributed by atoms with E-state index in [0.29, 0.717) is 49.0 Å². The molecule has 0 amide bonds. The molecule has 2 aromatic heterocycles. The zero-order valence-electron chi connectivity index (χ0n) is 23.1. The summed E-state index contributed by atoms with van der Waals surface area (Å²) in [5.74, 6) is -0.00987. The van der Waals surface area contributed by atoms with Crippen LogP contribution in [0.4, 0.5) is 0 Å². The van der Waals surface area contributed by atoms with Crippen molar-refractivity contribution in [3.8, 4) is 17.1 Å². The number of nitrogens with zero attached hydrogens (tertiary/aromatic N) is 2. The molecule has 1 aliphatic heterocycles. The number of methoxy groups -OCH3 is 1. The highest BCUT2D eigenvalue weighted by Gasteiger charge is 2.33. The standard InChI is InChI=1S/C31H28N2O7S/c1-16(2)39-30(37)26-18(4)32-31-33(27(26)19-9-11-20(38-5)12-10-19)28(34)25(41-31)15-21-13-14-24(40-21)22-7-6-8-23(17(22)3)29(35)36/h6-16,27H,1-5H3,(H,35,36)/b25-15-/t27-/m1/s1. The van der Waals surface area contributed by atoms with Crippen LogP contribution in [-0.2, 0) is 9.53 Å². The molecule has 10 heteroatoms. The lowest BCUT2D eigenvalue weighted by atomic mass is 9.96. The summed E-state index contributed by atoms with van der Waals surface area (Å²) >= 11 is 1.19. The average Bonchev–Trinajstić information content (AvgIpc) is 3.51. The van der Waals surface area contributed by atoms with E-state index in [4.69, 9.17) is 13.9 Å². The predicted octanol–water partition coefficient (Wildman–Crippen LogP) is 4.46. The molecule has 5 rings (SSSR count). The van der Waals surface area contributed by atoms with Crippen LogP contribution in [0.1, 0.15) is 54.1 Å². The largest absolute Gasteiger partial charge is 0.497 e. The number of aromatic nitrogens is 1. The number of fused-ring (bicyclic) bond motifs is 1. The van der Waals surface area contributed by atoms with E-state index in [1.807, 2.05) is 12.1 Å². The highest BCUT2D eigenvalue weighted by atomic mass is 32.1. The van der Waals surface area contributed by atoms with E-state index < -0.39 is 18.0 Å². The normalized spacial score (nSPS) is 15.1. The van der Waals surface area contributed by atoms with Crippen LogP contribution in [0.2, 0.25) is 0 Å². The molecule has 0 saturated carbocycles. The van der Waals surface area contributed by atoms with E-state index >= 15 is 0 Å². The topological polar surface area (TPSA) is 120 Å². The zero-order chi connectivity index (χ0) is 29.4. The van der Waals surface area contributed by atoms with E-state index in [0.717, 1.165) is 0 Å². The van der Waals surface area contributed by atoms with Crippen molar-refractivity contribution < 1.29 is 28.6 Å². The van der Waals surface area contributed by atoms with E-state index in [2.05, 4.69) is 4.99 Å². The van der Waals surface area contributed by atoms with Gasteiger partial charge in [0.2, 0.25) is 0 Å². The molecule has 3 heterocycles. The van der Waals surface area contributed by atoms with Crippen molar-refractivity contribution in [2.24, 2.45) is 4.99 Å². The Labute approximate surface area is 239 Å². The minimum Gasteiger partial charge on any atom is -0.497 e. The van der Waals surface area contributed by atoms with Gasteiger partial charge in [0.25, 0.3) is 5.56 Å². The Morgan fingerprint density at radius 3 is 2.49 bits per heavy atom. The number of ether oxygens (including phenoxy) is 2. The first-order chi connectivity index (χ1) is 19.6. The van der Waals surface area contributed by atoms with Crippen molar-refractivity contribution >= 4 is 29.4 Å². The molecule has 9 nitrogen and oxygen atoms in total. The molecule has 0 bridgehead atoms. The molecule has 0 saturated heterocycles. The van der Waals surface area contributed by atoms with Crippen molar-refractivity contribution in [1.29, 1.82) is 0 Å². The van der Waals surface area contributed by atoms with Gasteiger partial charge in [0.15, 0.2) is 4.80 Å². The molecule has 0 aliphatic carbocycles. The van der Waals surface area contributed by atoms with Crippen LogP contribution in [-0.4, -0.2) is 34.8 Å². The van der Waals surface area contributed by atoms with Crippen molar-refractivity contribution in [2.75, 3.05) is 7.11 Å². The summed E-state index contributed by atoms with van der Waals surface area (Å²) in [7, 11) is 1.57. The van der Waals surface area contributed by atoms with Crippen LogP contribution in [0.25, 0.3) is 17.4 Å². The van der Waals surface area contributed by atoms with Gasteiger partial charge >= 0.3 is 11.9 Å². The maximum atomic E-state index is 13.8. The molecule has 4 aromatic rings. The third kappa shape index (κ3) is 5.26. The lowest BCUT2D eigenvalue weighted by molar-refractivity contribution is -0.143. The van der Waals surface area contributed by atoms with Gasteiger partial charge in [0.1, 0.15) is 17.3 Å². The number of hydrogen-bond acceptors (Lipinski definition) is 8. The van der Waals surface area contributed by atoms with Gasteiger partial charge in [-0.1, -0.05) is 35.6 Å². The molecular weight excluding hydrogens is 544 g/mol. The number of benzene rings is 2.